The number of nitrogens with zero attached hydrogens (tertiary/aromatic N) is 1. The maximum Gasteiger partial charge on any atom is 0.254 e. The Labute approximate surface area is 105 Å². The molecule has 0 spiro atoms. The van der Waals surface area contributed by atoms with Crippen LogP contribution in [0.15, 0.2) is 23.2 Å². The van der Waals surface area contributed by atoms with Crippen molar-refractivity contribution in [1.29, 1.82) is 0 Å². The van der Waals surface area contributed by atoms with Gasteiger partial charge in [0.05, 0.1) is 19.4 Å². The third-order valence-corrected chi connectivity index (χ3v) is 2.34. The summed E-state index contributed by atoms with van der Waals surface area (Å²) in [6, 6.07) is 5.53. The fourth-order valence-corrected chi connectivity index (χ4v) is 1.50. The lowest BCUT2D eigenvalue weighted by atomic mass is 10.1. The number of ether oxygens (including phenoxy) is 2. The zero-order valence-electron chi connectivity index (χ0n) is 9.73. The van der Waals surface area contributed by atoms with Crippen molar-refractivity contribution in [1.82, 2.24) is 0 Å². The molecule has 5 heteroatoms. The van der Waals surface area contributed by atoms with E-state index >= 15 is 0 Å². The maximum atomic E-state index is 11.1. The molecule has 4 nitrogen and oxygen atoms in total. The van der Waals surface area contributed by atoms with E-state index in [0.29, 0.717) is 24.3 Å². The van der Waals surface area contributed by atoms with Gasteiger partial charge in [-0.3, -0.25) is 4.79 Å². The van der Waals surface area contributed by atoms with E-state index in [0.717, 1.165) is 5.56 Å². The molecule has 90 valence electrons. The molecule has 0 atom stereocenters. The van der Waals surface area contributed by atoms with Gasteiger partial charge in [0.2, 0.25) is 0 Å². The molecule has 0 saturated heterocycles. The van der Waals surface area contributed by atoms with Gasteiger partial charge in [0.1, 0.15) is 0 Å². The molecule has 0 aliphatic carbocycles. The minimum Gasteiger partial charge on any atom is -0.493 e. The highest BCUT2D eigenvalue weighted by molar-refractivity contribution is 7.78. The molecule has 0 radical (unpaired) electrons. The van der Waals surface area contributed by atoms with Crippen LogP contribution in [0, 0.1) is 0 Å². The van der Waals surface area contributed by atoms with Crippen LogP contribution in [0.2, 0.25) is 0 Å². The van der Waals surface area contributed by atoms with E-state index in [1.807, 2.05) is 12.1 Å². The molecular formula is C12H13NO3S. The van der Waals surface area contributed by atoms with Crippen LogP contribution in [0.4, 0.5) is 0 Å². The first kappa shape index (κ1) is 13.4. The topological polar surface area (TPSA) is 47.9 Å². The molecule has 1 amide bonds. The first-order valence-corrected chi connectivity index (χ1v) is 5.43. The van der Waals surface area contributed by atoms with Crippen molar-refractivity contribution >= 4 is 23.3 Å². The highest BCUT2D eigenvalue weighted by Gasteiger charge is 2.06. The van der Waals surface area contributed by atoms with Crippen LogP contribution < -0.4 is 9.47 Å². The zero-order chi connectivity index (χ0) is 12.7. The third kappa shape index (κ3) is 3.98. The second kappa shape index (κ2) is 6.78. The van der Waals surface area contributed by atoms with Crippen molar-refractivity contribution < 1.29 is 14.3 Å². The quantitative estimate of drug-likeness (QED) is 0.595. The molecule has 0 aliphatic heterocycles. The monoisotopic (exact) mass is 251 g/mol. The number of isothiocyanates is 1. The van der Waals surface area contributed by atoms with E-state index in [-0.39, 0.29) is 5.91 Å². The molecule has 17 heavy (non-hydrogen) atoms. The van der Waals surface area contributed by atoms with Crippen LogP contribution in [0.25, 0.3) is 0 Å². The highest BCUT2D eigenvalue weighted by atomic mass is 32.1. The van der Waals surface area contributed by atoms with Gasteiger partial charge in [-0.15, -0.1) is 0 Å². The summed E-state index contributed by atoms with van der Waals surface area (Å²) in [4.78, 5) is 14.5. The summed E-state index contributed by atoms with van der Waals surface area (Å²) >= 11 is 4.36. The molecule has 1 aromatic carbocycles. The average Bonchev–Trinajstić information content (AvgIpc) is 2.36. The van der Waals surface area contributed by atoms with Gasteiger partial charge < -0.3 is 9.47 Å². The summed E-state index contributed by atoms with van der Waals surface area (Å²) < 4.78 is 10.3. The van der Waals surface area contributed by atoms with Gasteiger partial charge in [0, 0.05) is 6.42 Å². The number of thiocarbonyl (C=S) groups is 1. The molecule has 1 rings (SSSR count). The number of hydrogen-bond donors (Lipinski definition) is 0. The van der Waals surface area contributed by atoms with E-state index in [2.05, 4.69) is 22.4 Å². The van der Waals surface area contributed by atoms with Crippen LogP contribution >= 0.6 is 12.2 Å². The minimum atomic E-state index is -0.269. The fraction of sp³-hybridized carbons (Fsp3) is 0.333. The third-order valence-electron chi connectivity index (χ3n) is 2.25. The minimum absolute atomic E-state index is 0.269. The Balaban J connectivity index is 2.72. The Morgan fingerprint density at radius 1 is 1.35 bits per heavy atom. The Bertz CT molecular complexity index is 453. The SMILES string of the molecule is COc1ccc(CCC(=O)N=C=S)cc1OC. The van der Waals surface area contributed by atoms with Gasteiger partial charge in [0.15, 0.2) is 11.5 Å². The Hall–Kier alpha value is -1.71. The van der Waals surface area contributed by atoms with Gasteiger partial charge in [-0.25, -0.2) is 0 Å². The summed E-state index contributed by atoms with van der Waals surface area (Å²) in [5, 5.41) is 2.06. The number of amides is 1. The molecule has 0 unspecified atom stereocenters. The summed E-state index contributed by atoms with van der Waals surface area (Å²) in [6.07, 6.45) is 0.888. The number of carbonyl (C=O) groups excluding carboxylic acids is 1. The van der Waals surface area contributed by atoms with E-state index in [1.165, 1.54) is 0 Å². The molecule has 0 N–H and O–H groups in total. The van der Waals surface area contributed by atoms with Gasteiger partial charge in [-0.1, -0.05) is 6.07 Å². The number of carbonyl (C=O) groups is 1. The maximum absolute atomic E-state index is 11.1. The fourth-order valence-electron chi connectivity index (χ4n) is 1.39. The van der Waals surface area contributed by atoms with Crippen molar-refractivity contribution in [3.8, 4) is 11.5 Å². The normalized spacial score (nSPS) is 9.29. The lowest BCUT2D eigenvalue weighted by Gasteiger charge is -2.08. The van der Waals surface area contributed by atoms with Crippen molar-refractivity contribution in [2.24, 2.45) is 4.99 Å². The molecule has 0 aromatic heterocycles. The standard InChI is InChI=1S/C12H13NO3S/c1-15-10-5-3-9(7-11(10)16-2)4-6-12(14)13-8-17/h3,5,7H,4,6H2,1-2H3. The molecule has 0 aliphatic rings. The first-order valence-electron chi connectivity index (χ1n) is 5.03. The number of aryl methyl sites for hydroxylation is 1. The highest BCUT2D eigenvalue weighted by Crippen LogP contribution is 2.27. The lowest BCUT2D eigenvalue weighted by Crippen LogP contribution is -1.97. The number of aliphatic imine (C=N–C) groups is 1. The average molecular weight is 251 g/mol. The second-order valence-electron chi connectivity index (χ2n) is 3.29. The van der Waals surface area contributed by atoms with Crippen molar-refractivity contribution in [3.63, 3.8) is 0 Å². The summed E-state index contributed by atoms with van der Waals surface area (Å²) in [6.45, 7) is 0. The smallest absolute Gasteiger partial charge is 0.254 e. The van der Waals surface area contributed by atoms with Crippen LogP contribution in [0.5, 0.6) is 11.5 Å². The second-order valence-corrected chi connectivity index (χ2v) is 3.47. The van der Waals surface area contributed by atoms with E-state index in [9.17, 15) is 4.79 Å². The van der Waals surface area contributed by atoms with Gasteiger partial charge in [-0.2, -0.15) is 4.99 Å². The zero-order valence-corrected chi connectivity index (χ0v) is 10.5. The number of benzene rings is 1. The van der Waals surface area contributed by atoms with E-state index in [1.54, 1.807) is 20.3 Å². The summed E-state index contributed by atoms with van der Waals surface area (Å²) in [5.41, 5.74) is 0.982. The van der Waals surface area contributed by atoms with Crippen LogP contribution in [-0.2, 0) is 11.2 Å². The molecule has 1 aromatic rings. The molecular weight excluding hydrogens is 238 g/mol. The summed E-state index contributed by atoms with van der Waals surface area (Å²) in [7, 11) is 3.15. The van der Waals surface area contributed by atoms with Crippen molar-refractivity contribution in [2.45, 2.75) is 12.8 Å². The summed E-state index contributed by atoms with van der Waals surface area (Å²) in [5.74, 6) is 1.05. The molecule has 0 bridgehead atoms. The van der Waals surface area contributed by atoms with Gasteiger partial charge in [0.25, 0.3) is 5.91 Å². The molecule has 0 saturated carbocycles. The van der Waals surface area contributed by atoms with Crippen molar-refractivity contribution in [3.05, 3.63) is 23.8 Å². The number of methoxy groups -OCH3 is 2. The molecule has 0 fully saturated rings. The number of hydrogen-bond acceptors (Lipinski definition) is 4. The Morgan fingerprint density at radius 3 is 2.65 bits per heavy atom. The van der Waals surface area contributed by atoms with Crippen LogP contribution in [-0.4, -0.2) is 25.3 Å². The van der Waals surface area contributed by atoms with Gasteiger partial charge >= 0.3 is 0 Å². The number of rotatable bonds is 5. The Morgan fingerprint density at radius 2 is 2.06 bits per heavy atom. The van der Waals surface area contributed by atoms with Crippen LogP contribution in [0.1, 0.15) is 12.0 Å². The van der Waals surface area contributed by atoms with Crippen molar-refractivity contribution in [2.75, 3.05) is 14.2 Å². The predicted molar refractivity (Wildman–Crippen MR) is 67.9 cm³/mol. The predicted octanol–water partition coefficient (Wildman–Crippen LogP) is 2.27. The Kier molecular flexibility index (Phi) is 5.33. The first-order chi connectivity index (χ1) is 8.21. The van der Waals surface area contributed by atoms with Crippen LogP contribution in [0.3, 0.4) is 0 Å². The molecule has 0 heterocycles. The lowest BCUT2D eigenvalue weighted by molar-refractivity contribution is -0.117. The largest absolute Gasteiger partial charge is 0.493 e. The van der Waals surface area contributed by atoms with Gasteiger partial charge in [-0.05, 0) is 36.3 Å². The van der Waals surface area contributed by atoms with E-state index in [4.69, 9.17) is 9.47 Å². The van der Waals surface area contributed by atoms with E-state index < -0.39 is 0 Å².